The fourth-order valence-electron chi connectivity index (χ4n) is 2.21. The van der Waals surface area contributed by atoms with Crippen molar-refractivity contribution in [3.63, 3.8) is 0 Å². The van der Waals surface area contributed by atoms with Crippen LogP contribution in [0.3, 0.4) is 0 Å². The predicted molar refractivity (Wildman–Crippen MR) is 60.9 cm³/mol. The van der Waals surface area contributed by atoms with Crippen molar-refractivity contribution < 1.29 is 14.6 Å². The molecule has 1 saturated carbocycles. The second-order valence-electron chi connectivity index (χ2n) is 4.50. The summed E-state index contributed by atoms with van der Waals surface area (Å²) in [4.78, 5) is 9.72. The first-order valence-corrected chi connectivity index (χ1v) is 7.67. The van der Waals surface area contributed by atoms with Crippen LogP contribution in [-0.4, -0.2) is 28.6 Å². The van der Waals surface area contributed by atoms with Gasteiger partial charge in [-0.3, -0.25) is 4.57 Å². The quantitative estimate of drug-likeness (QED) is 0.630. The maximum Gasteiger partial charge on any atom is 0.228 e. The Morgan fingerprint density at radius 1 is 1.33 bits per heavy atom. The first-order valence-electron chi connectivity index (χ1n) is 5.76. The van der Waals surface area contributed by atoms with Crippen molar-refractivity contribution in [2.24, 2.45) is 11.7 Å². The summed E-state index contributed by atoms with van der Waals surface area (Å²) in [6, 6.07) is 0. The van der Waals surface area contributed by atoms with Gasteiger partial charge in [0.25, 0.3) is 0 Å². The van der Waals surface area contributed by atoms with Gasteiger partial charge in [0.05, 0.1) is 0 Å². The first-order chi connectivity index (χ1) is 7.06. The molecule has 1 fully saturated rings. The van der Waals surface area contributed by atoms with Gasteiger partial charge in [-0.1, -0.05) is 19.3 Å². The van der Waals surface area contributed by atoms with Crippen molar-refractivity contribution in [2.45, 2.75) is 44.4 Å². The minimum absolute atomic E-state index is 0.223. The molecule has 1 aliphatic rings. The second-order valence-corrected chi connectivity index (χ2v) is 6.97. The summed E-state index contributed by atoms with van der Waals surface area (Å²) in [5.74, 6) is -0.800. The zero-order valence-corrected chi connectivity index (χ0v) is 10.0. The number of hydrogen-bond donors (Lipinski definition) is 3. The SMILES string of the molecule is NCCC(O)P(=O)(O)CC1CCCCC1. The zero-order valence-electron chi connectivity index (χ0n) is 9.14. The Kier molecular flexibility index (Phi) is 5.27. The third-order valence-corrected chi connectivity index (χ3v) is 5.36. The third kappa shape index (κ3) is 4.23. The van der Waals surface area contributed by atoms with E-state index in [4.69, 9.17) is 5.73 Å². The second kappa shape index (κ2) is 6.00. The molecular weight excluding hydrogens is 213 g/mol. The molecule has 0 aliphatic heterocycles. The smallest absolute Gasteiger partial charge is 0.228 e. The number of aliphatic hydroxyl groups excluding tert-OH is 1. The van der Waals surface area contributed by atoms with Crippen LogP contribution in [0.25, 0.3) is 0 Å². The number of nitrogens with two attached hydrogens (primary N) is 1. The lowest BCUT2D eigenvalue weighted by atomic mass is 9.91. The minimum atomic E-state index is -3.39. The van der Waals surface area contributed by atoms with Crippen LogP contribution in [0.15, 0.2) is 0 Å². The average molecular weight is 235 g/mol. The van der Waals surface area contributed by atoms with Crippen LogP contribution in [0.5, 0.6) is 0 Å². The van der Waals surface area contributed by atoms with E-state index in [9.17, 15) is 14.6 Å². The highest BCUT2D eigenvalue weighted by Gasteiger charge is 2.31. The molecule has 4 N–H and O–H groups in total. The highest BCUT2D eigenvalue weighted by Crippen LogP contribution is 2.49. The van der Waals surface area contributed by atoms with E-state index in [0.29, 0.717) is 5.92 Å². The molecule has 4 nitrogen and oxygen atoms in total. The van der Waals surface area contributed by atoms with Gasteiger partial charge in [0, 0.05) is 6.16 Å². The Labute approximate surface area is 91.3 Å². The molecule has 0 amide bonds. The van der Waals surface area contributed by atoms with E-state index < -0.39 is 13.2 Å². The summed E-state index contributed by atoms with van der Waals surface area (Å²) in [6.45, 7) is 0.260. The van der Waals surface area contributed by atoms with Crippen molar-refractivity contribution in [3.05, 3.63) is 0 Å². The molecule has 0 radical (unpaired) electrons. The molecule has 90 valence electrons. The van der Waals surface area contributed by atoms with Gasteiger partial charge in [-0.15, -0.1) is 0 Å². The summed E-state index contributed by atoms with van der Waals surface area (Å²) in [5, 5.41) is 9.51. The van der Waals surface area contributed by atoms with Gasteiger partial charge in [0.15, 0.2) is 0 Å². The molecule has 0 bridgehead atoms. The monoisotopic (exact) mass is 235 g/mol. The minimum Gasteiger partial charge on any atom is -0.383 e. The summed E-state index contributed by atoms with van der Waals surface area (Å²) >= 11 is 0. The van der Waals surface area contributed by atoms with Gasteiger partial charge in [-0.05, 0) is 31.7 Å². The van der Waals surface area contributed by atoms with Crippen LogP contribution in [-0.2, 0) is 4.57 Å². The van der Waals surface area contributed by atoms with Gasteiger partial charge in [-0.25, -0.2) is 0 Å². The Morgan fingerprint density at radius 2 is 1.93 bits per heavy atom. The molecule has 2 unspecified atom stereocenters. The molecular formula is C10H22NO3P. The van der Waals surface area contributed by atoms with Crippen LogP contribution in [0.4, 0.5) is 0 Å². The zero-order chi connectivity index (χ0) is 11.3. The Bertz CT molecular complexity index is 229. The maximum absolute atomic E-state index is 11.8. The van der Waals surface area contributed by atoms with Crippen molar-refractivity contribution >= 4 is 7.37 Å². The van der Waals surface area contributed by atoms with Crippen LogP contribution >= 0.6 is 7.37 Å². The van der Waals surface area contributed by atoms with E-state index in [-0.39, 0.29) is 19.1 Å². The predicted octanol–water partition coefficient (Wildman–Crippen LogP) is 1.50. The van der Waals surface area contributed by atoms with Gasteiger partial charge < -0.3 is 15.7 Å². The lowest BCUT2D eigenvalue weighted by Gasteiger charge is -2.26. The Hall–Kier alpha value is 0.110. The molecule has 5 heteroatoms. The topological polar surface area (TPSA) is 83.5 Å². The normalized spacial score (nSPS) is 24.7. The number of hydrogen-bond acceptors (Lipinski definition) is 3. The molecule has 15 heavy (non-hydrogen) atoms. The van der Waals surface area contributed by atoms with Gasteiger partial charge in [0.1, 0.15) is 5.85 Å². The first kappa shape index (κ1) is 13.2. The fraction of sp³-hybridized carbons (Fsp3) is 1.00. The highest BCUT2D eigenvalue weighted by atomic mass is 31.2. The maximum atomic E-state index is 11.8. The number of aliphatic hydroxyl groups is 1. The molecule has 0 aromatic carbocycles. The average Bonchev–Trinajstić information content (AvgIpc) is 2.19. The Balaban J connectivity index is 2.43. The van der Waals surface area contributed by atoms with E-state index in [1.165, 1.54) is 6.42 Å². The molecule has 0 saturated heterocycles. The summed E-state index contributed by atoms with van der Waals surface area (Å²) in [7, 11) is -3.39. The third-order valence-electron chi connectivity index (χ3n) is 3.14. The van der Waals surface area contributed by atoms with E-state index in [0.717, 1.165) is 25.7 Å². The van der Waals surface area contributed by atoms with E-state index in [1.807, 2.05) is 0 Å². The van der Waals surface area contributed by atoms with Gasteiger partial charge >= 0.3 is 0 Å². The summed E-state index contributed by atoms with van der Waals surface area (Å²) in [5.41, 5.74) is 5.27. The molecule has 2 atom stereocenters. The summed E-state index contributed by atoms with van der Waals surface area (Å²) in [6.07, 6.45) is 6.08. The van der Waals surface area contributed by atoms with Crippen LogP contribution in [0.2, 0.25) is 0 Å². The molecule has 1 aliphatic carbocycles. The van der Waals surface area contributed by atoms with Gasteiger partial charge in [0.2, 0.25) is 7.37 Å². The largest absolute Gasteiger partial charge is 0.383 e. The van der Waals surface area contributed by atoms with Crippen molar-refractivity contribution in [1.29, 1.82) is 0 Å². The lowest BCUT2D eigenvalue weighted by Crippen LogP contribution is -2.19. The van der Waals surface area contributed by atoms with E-state index in [2.05, 4.69) is 0 Å². The van der Waals surface area contributed by atoms with Crippen molar-refractivity contribution in [3.8, 4) is 0 Å². The fourth-order valence-corrected chi connectivity index (χ4v) is 4.11. The molecule has 0 aromatic heterocycles. The number of rotatable bonds is 5. The standard InChI is InChI=1S/C10H22NO3P/c11-7-6-10(12)15(13,14)8-9-4-2-1-3-5-9/h9-10,12H,1-8,11H2,(H,13,14). The van der Waals surface area contributed by atoms with E-state index >= 15 is 0 Å². The van der Waals surface area contributed by atoms with Crippen LogP contribution in [0, 0.1) is 5.92 Å². The van der Waals surface area contributed by atoms with E-state index in [1.54, 1.807) is 0 Å². The molecule has 1 rings (SSSR count). The van der Waals surface area contributed by atoms with Gasteiger partial charge in [-0.2, -0.15) is 0 Å². The molecule has 0 aromatic rings. The molecule has 0 heterocycles. The molecule has 0 spiro atoms. The van der Waals surface area contributed by atoms with Crippen molar-refractivity contribution in [2.75, 3.05) is 12.7 Å². The van der Waals surface area contributed by atoms with Crippen LogP contribution in [0.1, 0.15) is 38.5 Å². The Morgan fingerprint density at radius 3 is 2.47 bits per heavy atom. The van der Waals surface area contributed by atoms with Crippen molar-refractivity contribution in [1.82, 2.24) is 0 Å². The summed E-state index contributed by atoms with van der Waals surface area (Å²) < 4.78 is 11.8. The van der Waals surface area contributed by atoms with Crippen LogP contribution < -0.4 is 5.73 Å². The lowest BCUT2D eigenvalue weighted by molar-refractivity contribution is 0.219. The highest BCUT2D eigenvalue weighted by molar-refractivity contribution is 7.58.